The Kier molecular flexibility index (Phi) is 3.47. The molecule has 0 unspecified atom stereocenters. The Balaban J connectivity index is 2.16. The van der Waals surface area contributed by atoms with E-state index in [1.807, 2.05) is 0 Å². The Bertz CT molecular complexity index is 565. The predicted molar refractivity (Wildman–Crippen MR) is 69.9 cm³/mol. The van der Waals surface area contributed by atoms with Crippen LogP contribution in [0.4, 0.5) is 8.78 Å². The van der Waals surface area contributed by atoms with Gasteiger partial charge in [-0.3, -0.25) is 4.79 Å². The maximum absolute atomic E-state index is 13.4. The summed E-state index contributed by atoms with van der Waals surface area (Å²) < 4.78 is 37.1. The molecule has 1 aliphatic heterocycles. The van der Waals surface area contributed by atoms with Gasteiger partial charge in [-0.1, -0.05) is 19.3 Å². The lowest BCUT2D eigenvalue weighted by molar-refractivity contribution is -0.145. The van der Waals surface area contributed by atoms with Crippen LogP contribution < -0.4 is 9.47 Å². The SMILES string of the molecule is O=C(O)C1(c2cc3c(cc2C(F)F)OCO3)CCCCC1. The summed E-state index contributed by atoms with van der Waals surface area (Å²) in [6.07, 6.45) is 0.396. The summed E-state index contributed by atoms with van der Waals surface area (Å²) in [5, 5.41) is 9.68. The highest BCUT2D eigenvalue weighted by atomic mass is 19.3. The summed E-state index contributed by atoms with van der Waals surface area (Å²) in [6.45, 7) is -0.0263. The van der Waals surface area contributed by atoms with Gasteiger partial charge in [-0.05, 0) is 30.5 Å². The first-order valence-corrected chi connectivity index (χ1v) is 7.00. The van der Waals surface area contributed by atoms with Crippen LogP contribution in [0.2, 0.25) is 0 Å². The molecule has 0 spiro atoms. The van der Waals surface area contributed by atoms with Crippen LogP contribution in [0.25, 0.3) is 0 Å². The van der Waals surface area contributed by atoms with Gasteiger partial charge in [-0.2, -0.15) is 0 Å². The lowest BCUT2D eigenvalue weighted by Gasteiger charge is -2.35. The van der Waals surface area contributed by atoms with Gasteiger partial charge in [0.05, 0.1) is 5.41 Å². The fraction of sp³-hybridized carbons (Fsp3) is 0.533. The average Bonchev–Trinajstić information content (AvgIpc) is 2.93. The van der Waals surface area contributed by atoms with Crippen molar-refractivity contribution in [2.24, 2.45) is 0 Å². The predicted octanol–water partition coefficient (Wildman–Crippen LogP) is 3.64. The van der Waals surface area contributed by atoms with Crippen LogP contribution in [-0.4, -0.2) is 17.9 Å². The van der Waals surface area contributed by atoms with Crippen LogP contribution in [0.5, 0.6) is 11.5 Å². The van der Waals surface area contributed by atoms with Crippen molar-refractivity contribution < 1.29 is 28.2 Å². The normalized spacial score (nSPS) is 19.8. The summed E-state index contributed by atoms with van der Waals surface area (Å²) in [4.78, 5) is 11.8. The van der Waals surface area contributed by atoms with Crippen LogP contribution in [-0.2, 0) is 10.2 Å². The Labute approximate surface area is 120 Å². The van der Waals surface area contributed by atoms with Crippen LogP contribution in [0.3, 0.4) is 0 Å². The Morgan fingerprint density at radius 3 is 2.33 bits per heavy atom. The molecule has 0 atom stereocenters. The molecule has 1 aromatic carbocycles. The van der Waals surface area contributed by atoms with Crippen molar-refractivity contribution in [2.75, 3.05) is 6.79 Å². The van der Waals surface area contributed by atoms with E-state index in [1.54, 1.807) is 0 Å². The monoisotopic (exact) mass is 298 g/mol. The van der Waals surface area contributed by atoms with E-state index in [0.29, 0.717) is 18.6 Å². The molecule has 3 rings (SSSR count). The van der Waals surface area contributed by atoms with E-state index >= 15 is 0 Å². The third-order valence-corrected chi connectivity index (χ3v) is 4.41. The molecule has 0 saturated heterocycles. The van der Waals surface area contributed by atoms with Crippen LogP contribution in [0.1, 0.15) is 49.7 Å². The van der Waals surface area contributed by atoms with Gasteiger partial charge in [0.1, 0.15) is 0 Å². The maximum atomic E-state index is 13.4. The standard InChI is InChI=1S/C15H16F2O4/c16-13(17)9-6-11-12(21-8-20-11)7-10(9)15(14(18)19)4-2-1-3-5-15/h6-7,13H,1-5,8H2,(H,18,19). The van der Waals surface area contributed by atoms with Gasteiger partial charge >= 0.3 is 5.97 Å². The van der Waals surface area contributed by atoms with Crippen molar-refractivity contribution in [3.05, 3.63) is 23.3 Å². The van der Waals surface area contributed by atoms with Crippen molar-refractivity contribution in [1.82, 2.24) is 0 Å². The highest BCUT2D eigenvalue weighted by molar-refractivity contribution is 5.82. The molecule has 6 heteroatoms. The third-order valence-electron chi connectivity index (χ3n) is 4.41. The number of carboxylic acid groups (broad SMARTS) is 1. The topological polar surface area (TPSA) is 55.8 Å². The van der Waals surface area contributed by atoms with Gasteiger partial charge in [-0.15, -0.1) is 0 Å². The molecule has 0 amide bonds. The smallest absolute Gasteiger partial charge is 0.314 e. The summed E-state index contributed by atoms with van der Waals surface area (Å²) in [7, 11) is 0. The van der Waals surface area contributed by atoms with Crippen molar-refractivity contribution in [3.63, 3.8) is 0 Å². The fourth-order valence-corrected chi connectivity index (χ4v) is 3.31. The molecule has 114 valence electrons. The summed E-state index contributed by atoms with van der Waals surface area (Å²) >= 11 is 0. The molecule has 1 fully saturated rings. The highest BCUT2D eigenvalue weighted by Crippen LogP contribution is 2.47. The molecule has 2 aliphatic rings. The number of benzene rings is 1. The van der Waals surface area contributed by atoms with Gasteiger partial charge < -0.3 is 14.6 Å². The minimum atomic E-state index is -2.74. The van der Waals surface area contributed by atoms with Gasteiger partial charge in [0.25, 0.3) is 6.43 Å². The van der Waals surface area contributed by atoms with E-state index in [9.17, 15) is 18.7 Å². The van der Waals surface area contributed by atoms with Crippen LogP contribution in [0.15, 0.2) is 12.1 Å². The molecule has 0 radical (unpaired) electrons. The number of fused-ring (bicyclic) bond motifs is 1. The van der Waals surface area contributed by atoms with E-state index in [4.69, 9.17) is 9.47 Å². The van der Waals surface area contributed by atoms with E-state index in [2.05, 4.69) is 0 Å². The number of ether oxygens (including phenoxy) is 2. The van der Waals surface area contributed by atoms with Gasteiger partial charge in [0.15, 0.2) is 11.5 Å². The average molecular weight is 298 g/mol. The van der Waals surface area contributed by atoms with E-state index < -0.39 is 17.8 Å². The summed E-state index contributed by atoms with van der Waals surface area (Å²) in [5.41, 5.74) is -1.33. The molecule has 0 bridgehead atoms. The lowest BCUT2D eigenvalue weighted by Crippen LogP contribution is -2.38. The summed E-state index contributed by atoms with van der Waals surface area (Å²) in [5.74, 6) is -0.436. The minimum absolute atomic E-state index is 0.0263. The van der Waals surface area contributed by atoms with E-state index in [-0.39, 0.29) is 23.7 Å². The number of aliphatic carboxylic acids is 1. The third kappa shape index (κ3) is 2.22. The number of hydrogen-bond donors (Lipinski definition) is 1. The lowest BCUT2D eigenvalue weighted by atomic mass is 9.68. The number of hydrogen-bond acceptors (Lipinski definition) is 3. The fourth-order valence-electron chi connectivity index (χ4n) is 3.31. The first kappa shape index (κ1) is 14.1. The highest BCUT2D eigenvalue weighted by Gasteiger charge is 2.44. The second kappa shape index (κ2) is 5.16. The molecule has 1 N–H and O–H groups in total. The Morgan fingerprint density at radius 2 is 1.76 bits per heavy atom. The van der Waals surface area contributed by atoms with Crippen molar-refractivity contribution in [1.29, 1.82) is 0 Å². The first-order valence-electron chi connectivity index (χ1n) is 7.00. The van der Waals surface area contributed by atoms with E-state index in [0.717, 1.165) is 19.3 Å². The van der Waals surface area contributed by atoms with Crippen molar-refractivity contribution in [2.45, 2.75) is 43.9 Å². The van der Waals surface area contributed by atoms with Crippen molar-refractivity contribution in [3.8, 4) is 11.5 Å². The zero-order valence-electron chi connectivity index (χ0n) is 11.4. The number of alkyl halides is 2. The molecule has 1 aromatic rings. The molecule has 4 nitrogen and oxygen atoms in total. The maximum Gasteiger partial charge on any atom is 0.314 e. The largest absolute Gasteiger partial charge is 0.481 e. The first-order chi connectivity index (χ1) is 10.0. The quantitative estimate of drug-likeness (QED) is 0.925. The van der Waals surface area contributed by atoms with Gasteiger partial charge in [0.2, 0.25) is 6.79 Å². The Morgan fingerprint density at radius 1 is 1.14 bits per heavy atom. The van der Waals surface area contributed by atoms with Gasteiger partial charge in [-0.25, -0.2) is 8.78 Å². The number of carboxylic acids is 1. The van der Waals surface area contributed by atoms with Crippen LogP contribution in [0, 0.1) is 0 Å². The number of carbonyl (C=O) groups is 1. The van der Waals surface area contributed by atoms with E-state index in [1.165, 1.54) is 12.1 Å². The number of rotatable bonds is 3. The molecular formula is C15H16F2O4. The Hall–Kier alpha value is -1.85. The zero-order valence-corrected chi connectivity index (χ0v) is 11.4. The van der Waals surface area contributed by atoms with Gasteiger partial charge in [0, 0.05) is 5.56 Å². The van der Waals surface area contributed by atoms with Crippen molar-refractivity contribution >= 4 is 5.97 Å². The molecule has 0 aromatic heterocycles. The molecule has 1 heterocycles. The summed E-state index contributed by atoms with van der Waals surface area (Å²) in [6, 6.07) is 2.66. The molecule has 1 saturated carbocycles. The molecular weight excluding hydrogens is 282 g/mol. The molecule has 21 heavy (non-hydrogen) atoms. The second-order valence-electron chi connectivity index (χ2n) is 5.54. The second-order valence-corrected chi connectivity index (χ2v) is 5.54. The minimum Gasteiger partial charge on any atom is -0.481 e. The number of halogens is 2. The molecule has 1 aliphatic carbocycles. The zero-order chi connectivity index (χ0) is 15.0. The van der Waals surface area contributed by atoms with Crippen LogP contribution >= 0.6 is 0 Å².